The van der Waals surface area contributed by atoms with Crippen LogP contribution >= 0.6 is 0 Å². The molecule has 1 aliphatic rings. The molecule has 1 aromatic rings. The van der Waals surface area contributed by atoms with Gasteiger partial charge in [0.1, 0.15) is 10.7 Å². The number of carbonyl (C=O) groups is 1. The van der Waals surface area contributed by atoms with Crippen LogP contribution in [-0.4, -0.2) is 32.3 Å². The third-order valence-electron chi connectivity index (χ3n) is 3.72. The maximum atomic E-state index is 13.8. The van der Waals surface area contributed by atoms with E-state index in [4.69, 9.17) is 5.14 Å². The first-order chi connectivity index (χ1) is 9.21. The Bertz CT molecular complexity index is 654. The van der Waals surface area contributed by atoms with Crippen molar-refractivity contribution in [3.05, 3.63) is 29.1 Å². The van der Waals surface area contributed by atoms with E-state index in [2.05, 4.69) is 0 Å². The molecule has 1 aliphatic carbocycles. The minimum absolute atomic E-state index is 0.0851. The molecule has 0 heterocycles. The molecule has 110 valence electrons. The fourth-order valence-corrected chi connectivity index (χ4v) is 2.91. The molecule has 0 bridgehead atoms. The van der Waals surface area contributed by atoms with E-state index < -0.39 is 20.7 Å². The Labute approximate surface area is 117 Å². The summed E-state index contributed by atoms with van der Waals surface area (Å²) < 4.78 is 36.5. The number of rotatable bonds is 3. The van der Waals surface area contributed by atoms with Crippen LogP contribution in [0.15, 0.2) is 17.0 Å². The third-order valence-corrected chi connectivity index (χ3v) is 4.63. The maximum absolute atomic E-state index is 13.8. The summed E-state index contributed by atoms with van der Waals surface area (Å²) in [6, 6.07) is 2.53. The van der Waals surface area contributed by atoms with Gasteiger partial charge >= 0.3 is 0 Å². The van der Waals surface area contributed by atoms with E-state index in [0.717, 1.165) is 25.3 Å². The molecule has 0 atom stereocenters. The van der Waals surface area contributed by atoms with E-state index in [-0.39, 0.29) is 23.1 Å². The van der Waals surface area contributed by atoms with Crippen molar-refractivity contribution in [3.63, 3.8) is 0 Å². The van der Waals surface area contributed by atoms with Gasteiger partial charge in [-0.1, -0.05) is 0 Å². The molecule has 0 radical (unpaired) electrons. The highest BCUT2D eigenvalue weighted by atomic mass is 32.2. The number of benzene rings is 1. The van der Waals surface area contributed by atoms with Crippen LogP contribution in [0.4, 0.5) is 4.39 Å². The Morgan fingerprint density at radius 3 is 2.45 bits per heavy atom. The molecule has 0 aliphatic heterocycles. The van der Waals surface area contributed by atoms with Gasteiger partial charge in [0.05, 0.1) is 0 Å². The van der Waals surface area contributed by atoms with Crippen molar-refractivity contribution < 1.29 is 17.6 Å². The molecule has 0 unspecified atom stereocenters. The summed E-state index contributed by atoms with van der Waals surface area (Å²) in [5.74, 6) is -1.22. The van der Waals surface area contributed by atoms with Gasteiger partial charge in [0.25, 0.3) is 5.91 Å². The van der Waals surface area contributed by atoms with E-state index >= 15 is 0 Å². The van der Waals surface area contributed by atoms with Crippen molar-refractivity contribution in [3.8, 4) is 0 Å². The van der Waals surface area contributed by atoms with Gasteiger partial charge in [0, 0.05) is 18.7 Å². The molecule has 2 N–H and O–H groups in total. The first-order valence-corrected chi connectivity index (χ1v) is 7.86. The molecule has 2 rings (SSSR count). The lowest BCUT2D eigenvalue weighted by molar-refractivity contribution is 0.0651. The van der Waals surface area contributed by atoms with Gasteiger partial charge in [-0.3, -0.25) is 4.79 Å². The lowest BCUT2D eigenvalue weighted by Crippen LogP contribution is -2.41. The smallest absolute Gasteiger partial charge is 0.253 e. The van der Waals surface area contributed by atoms with E-state index in [1.54, 1.807) is 11.9 Å². The van der Waals surface area contributed by atoms with E-state index in [9.17, 15) is 17.6 Å². The predicted molar refractivity (Wildman–Crippen MR) is 72.2 cm³/mol. The highest BCUT2D eigenvalue weighted by molar-refractivity contribution is 7.89. The van der Waals surface area contributed by atoms with Gasteiger partial charge in [-0.15, -0.1) is 0 Å². The molecular weight excluding hydrogens is 283 g/mol. The number of nitrogens with zero attached hydrogens (tertiary/aromatic N) is 1. The number of halogens is 1. The normalized spacial score (nSPS) is 15.8. The topological polar surface area (TPSA) is 80.5 Å². The average Bonchev–Trinajstić information content (AvgIpc) is 2.27. The van der Waals surface area contributed by atoms with Crippen LogP contribution in [0.5, 0.6) is 0 Å². The van der Waals surface area contributed by atoms with Crippen molar-refractivity contribution >= 4 is 15.9 Å². The molecule has 1 fully saturated rings. The van der Waals surface area contributed by atoms with E-state index in [0.29, 0.717) is 0 Å². The van der Waals surface area contributed by atoms with Gasteiger partial charge in [0.2, 0.25) is 10.0 Å². The Balaban J connectivity index is 2.42. The minimum Gasteiger partial charge on any atom is -0.339 e. The molecule has 5 nitrogen and oxygen atoms in total. The van der Waals surface area contributed by atoms with Crippen LogP contribution in [0.3, 0.4) is 0 Å². The van der Waals surface area contributed by atoms with Gasteiger partial charge in [-0.2, -0.15) is 0 Å². The monoisotopic (exact) mass is 300 g/mol. The molecule has 7 heteroatoms. The number of hydrogen-bond donors (Lipinski definition) is 1. The number of nitrogens with two attached hydrogens (primary N) is 1. The summed E-state index contributed by atoms with van der Waals surface area (Å²) in [7, 11) is -2.53. The first kappa shape index (κ1) is 14.9. The zero-order valence-electron chi connectivity index (χ0n) is 11.4. The zero-order chi connectivity index (χ0) is 15.1. The quantitative estimate of drug-likeness (QED) is 0.916. The number of carbonyl (C=O) groups excluding carboxylic acids is 1. The Morgan fingerprint density at radius 2 is 2.00 bits per heavy atom. The molecule has 0 spiro atoms. The lowest BCUT2D eigenvalue weighted by atomic mass is 9.91. The number of aryl methyl sites for hydroxylation is 1. The summed E-state index contributed by atoms with van der Waals surface area (Å²) in [6.45, 7) is 1.41. The SMILES string of the molecule is Cc1cc(C(=O)N(C)C2CCC2)cc(S(N)(=O)=O)c1F. The summed E-state index contributed by atoms with van der Waals surface area (Å²) in [4.78, 5) is 13.2. The van der Waals surface area contributed by atoms with Gasteiger partial charge in [0.15, 0.2) is 0 Å². The molecule has 0 saturated heterocycles. The maximum Gasteiger partial charge on any atom is 0.253 e. The average molecular weight is 300 g/mol. The second kappa shape index (κ2) is 5.14. The number of amides is 1. The molecule has 1 aromatic carbocycles. The largest absolute Gasteiger partial charge is 0.339 e. The Morgan fingerprint density at radius 1 is 1.40 bits per heavy atom. The Kier molecular flexibility index (Phi) is 3.84. The molecule has 0 aromatic heterocycles. The van der Waals surface area contributed by atoms with Crippen molar-refractivity contribution in [2.24, 2.45) is 5.14 Å². The summed E-state index contributed by atoms with van der Waals surface area (Å²) in [5, 5.41) is 4.98. The van der Waals surface area contributed by atoms with Crippen LogP contribution < -0.4 is 5.14 Å². The number of sulfonamides is 1. The number of primary sulfonamides is 1. The third kappa shape index (κ3) is 2.69. The van der Waals surface area contributed by atoms with Crippen molar-refractivity contribution in [1.82, 2.24) is 4.90 Å². The second-order valence-corrected chi connectivity index (χ2v) is 6.68. The predicted octanol–water partition coefficient (Wildman–Crippen LogP) is 1.41. The van der Waals surface area contributed by atoms with Crippen LogP contribution in [0.25, 0.3) is 0 Å². The second-order valence-electron chi connectivity index (χ2n) is 5.15. The summed E-state index contributed by atoms with van der Waals surface area (Å²) >= 11 is 0. The fourth-order valence-electron chi connectivity index (χ4n) is 2.21. The first-order valence-electron chi connectivity index (χ1n) is 6.32. The van der Waals surface area contributed by atoms with Crippen molar-refractivity contribution in [1.29, 1.82) is 0 Å². The standard InChI is InChI=1S/C13H17FN2O3S/c1-8-6-9(7-11(12(8)14)20(15,18)19)13(17)16(2)10-4-3-5-10/h6-7,10H,3-5H2,1-2H3,(H2,15,18,19). The summed E-state index contributed by atoms with van der Waals surface area (Å²) in [6.07, 6.45) is 2.95. The van der Waals surface area contributed by atoms with E-state index in [1.165, 1.54) is 13.0 Å². The zero-order valence-corrected chi connectivity index (χ0v) is 12.2. The highest BCUT2D eigenvalue weighted by Crippen LogP contribution is 2.26. The van der Waals surface area contributed by atoms with Gasteiger partial charge in [-0.05, 0) is 43.9 Å². The van der Waals surface area contributed by atoms with Crippen LogP contribution in [0.2, 0.25) is 0 Å². The lowest BCUT2D eigenvalue weighted by Gasteiger charge is -2.34. The summed E-state index contributed by atoms with van der Waals surface area (Å²) in [5.41, 5.74) is 0.226. The molecule has 20 heavy (non-hydrogen) atoms. The van der Waals surface area contributed by atoms with Gasteiger partial charge < -0.3 is 4.90 Å². The van der Waals surface area contributed by atoms with Gasteiger partial charge in [-0.25, -0.2) is 17.9 Å². The van der Waals surface area contributed by atoms with Crippen molar-refractivity contribution in [2.45, 2.75) is 37.1 Å². The van der Waals surface area contributed by atoms with E-state index in [1.807, 2.05) is 0 Å². The van der Waals surface area contributed by atoms with Crippen LogP contribution in [-0.2, 0) is 10.0 Å². The van der Waals surface area contributed by atoms with Crippen LogP contribution in [0.1, 0.15) is 35.2 Å². The number of hydrogen-bond acceptors (Lipinski definition) is 3. The molecule has 1 amide bonds. The molecule has 1 saturated carbocycles. The van der Waals surface area contributed by atoms with Crippen molar-refractivity contribution in [2.75, 3.05) is 7.05 Å². The highest BCUT2D eigenvalue weighted by Gasteiger charge is 2.28. The molecular formula is C13H17FN2O3S. The fraction of sp³-hybridized carbons (Fsp3) is 0.462. The van der Waals surface area contributed by atoms with Crippen LogP contribution in [0, 0.1) is 12.7 Å². The Hall–Kier alpha value is -1.47. The minimum atomic E-state index is -4.20.